The lowest BCUT2D eigenvalue weighted by atomic mass is 10.2. The van der Waals surface area contributed by atoms with E-state index in [2.05, 4.69) is 31.1 Å². The van der Waals surface area contributed by atoms with E-state index >= 15 is 0 Å². The summed E-state index contributed by atoms with van der Waals surface area (Å²) in [6.45, 7) is 4.17. The summed E-state index contributed by atoms with van der Waals surface area (Å²) in [5, 5.41) is 2.96. The molecule has 27 heavy (non-hydrogen) atoms. The predicted molar refractivity (Wildman–Crippen MR) is 108 cm³/mol. The van der Waals surface area contributed by atoms with Crippen molar-refractivity contribution < 1.29 is 14.3 Å². The molecule has 7 heteroatoms. The number of ether oxygens (including phenoxy) is 2. The zero-order chi connectivity index (χ0) is 18.9. The molecule has 1 aliphatic rings. The Bertz CT molecular complexity index is 751. The van der Waals surface area contributed by atoms with Crippen molar-refractivity contribution in [2.24, 2.45) is 0 Å². The Morgan fingerprint density at radius 1 is 1.26 bits per heavy atom. The molecule has 1 N–H and O–H groups in total. The molecule has 1 saturated heterocycles. The van der Waals surface area contributed by atoms with Crippen molar-refractivity contribution in [3.63, 3.8) is 0 Å². The molecule has 144 valence electrons. The zero-order valence-electron chi connectivity index (χ0n) is 15.2. The molecular weight excluding hydrogens is 410 g/mol. The number of morpholine rings is 1. The minimum Gasteiger partial charge on any atom is -0.494 e. The fraction of sp³-hybridized carbons (Fsp3) is 0.400. The van der Waals surface area contributed by atoms with Crippen LogP contribution in [-0.2, 0) is 16.1 Å². The van der Waals surface area contributed by atoms with Gasteiger partial charge in [0.2, 0.25) is 5.91 Å². The lowest BCUT2D eigenvalue weighted by Gasteiger charge is -2.28. The lowest BCUT2D eigenvalue weighted by molar-refractivity contribution is -0.121. The Morgan fingerprint density at radius 3 is 2.93 bits per heavy atom. The Labute approximate surface area is 168 Å². The van der Waals surface area contributed by atoms with Gasteiger partial charge < -0.3 is 19.7 Å². The van der Waals surface area contributed by atoms with Crippen LogP contribution in [0, 0.1) is 0 Å². The van der Waals surface area contributed by atoms with E-state index in [4.69, 9.17) is 9.47 Å². The average molecular weight is 434 g/mol. The molecule has 1 aliphatic heterocycles. The maximum atomic E-state index is 12.1. The minimum absolute atomic E-state index is 0.0255. The first-order valence-electron chi connectivity index (χ1n) is 9.13. The molecule has 6 nitrogen and oxygen atoms in total. The Morgan fingerprint density at radius 2 is 2.11 bits per heavy atom. The highest BCUT2D eigenvalue weighted by Gasteiger charge is 2.12. The van der Waals surface area contributed by atoms with Gasteiger partial charge in [-0.15, -0.1) is 0 Å². The minimum atomic E-state index is 0.0255. The van der Waals surface area contributed by atoms with Crippen molar-refractivity contribution in [3.05, 3.63) is 52.6 Å². The van der Waals surface area contributed by atoms with Gasteiger partial charge in [0, 0.05) is 36.7 Å². The van der Waals surface area contributed by atoms with Crippen LogP contribution in [0.25, 0.3) is 0 Å². The number of anilines is 1. The molecule has 2 aromatic rings. The molecule has 3 rings (SSSR count). The number of carbonyl (C=O) groups is 1. The molecule has 0 unspecified atom stereocenters. The summed E-state index contributed by atoms with van der Waals surface area (Å²) in [5.74, 6) is 1.77. The predicted octanol–water partition coefficient (Wildman–Crippen LogP) is 3.16. The third kappa shape index (κ3) is 6.52. The third-order valence-electron chi connectivity index (χ3n) is 4.25. The summed E-state index contributed by atoms with van der Waals surface area (Å²) in [5.41, 5.74) is 1.05. The summed E-state index contributed by atoms with van der Waals surface area (Å²) >= 11 is 3.41. The van der Waals surface area contributed by atoms with Crippen LogP contribution >= 0.6 is 15.9 Å². The lowest BCUT2D eigenvalue weighted by Crippen LogP contribution is -2.36. The van der Waals surface area contributed by atoms with Gasteiger partial charge in [-0.2, -0.15) is 0 Å². The van der Waals surface area contributed by atoms with Gasteiger partial charge in [-0.3, -0.25) is 4.79 Å². The van der Waals surface area contributed by atoms with Crippen LogP contribution in [0.3, 0.4) is 0 Å². The average Bonchev–Trinajstić information content (AvgIpc) is 2.71. The van der Waals surface area contributed by atoms with Gasteiger partial charge in [-0.05, 0) is 42.3 Å². The number of amides is 1. The van der Waals surface area contributed by atoms with Crippen molar-refractivity contribution in [2.75, 3.05) is 37.8 Å². The fourth-order valence-electron chi connectivity index (χ4n) is 2.80. The first-order valence-corrected chi connectivity index (χ1v) is 9.93. The highest BCUT2D eigenvalue weighted by atomic mass is 79.9. The fourth-order valence-corrected chi connectivity index (χ4v) is 3.18. The second kappa shape index (κ2) is 10.3. The van der Waals surface area contributed by atoms with Gasteiger partial charge in [0.1, 0.15) is 11.6 Å². The SMILES string of the molecule is O=C(CCCOc1cccc(Br)c1)NCc1ccnc(N2CCOCC2)c1. The van der Waals surface area contributed by atoms with Gasteiger partial charge in [0.25, 0.3) is 0 Å². The van der Waals surface area contributed by atoms with E-state index in [9.17, 15) is 4.79 Å². The standard InChI is InChI=1S/C20H24BrN3O3/c21-17-3-1-4-18(14-17)27-10-2-5-20(25)23-15-16-6-7-22-19(13-16)24-8-11-26-12-9-24/h1,3-4,6-7,13-14H,2,5,8-12,15H2,(H,23,25). The van der Waals surface area contributed by atoms with Crippen LogP contribution in [0.5, 0.6) is 5.75 Å². The van der Waals surface area contributed by atoms with Gasteiger partial charge >= 0.3 is 0 Å². The topological polar surface area (TPSA) is 63.7 Å². The Hall–Kier alpha value is -2.12. The first kappa shape index (κ1) is 19.6. The molecule has 0 radical (unpaired) electrons. The van der Waals surface area contributed by atoms with Crippen molar-refractivity contribution in [1.29, 1.82) is 0 Å². The van der Waals surface area contributed by atoms with Gasteiger partial charge in [-0.25, -0.2) is 4.98 Å². The molecule has 2 heterocycles. The Kier molecular flexibility index (Phi) is 7.47. The van der Waals surface area contributed by atoms with E-state index in [0.29, 0.717) is 26.0 Å². The van der Waals surface area contributed by atoms with E-state index in [0.717, 1.165) is 47.9 Å². The van der Waals surface area contributed by atoms with Crippen LogP contribution < -0.4 is 15.0 Å². The zero-order valence-corrected chi connectivity index (χ0v) is 16.8. The molecule has 0 saturated carbocycles. The molecule has 0 spiro atoms. The van der Waals surface area contributed by atoms with Gasteiger partial charge in [0.05, 0.1) is 19.8 Å². The molecule has 0 bridgehead atoms. The smallest absolute Gasteiger partial charge is 0.220 e. The number of benzene rings is 1. The van der Waals surface area contributed by atoms with Crippen LogP contribution in [0.15, 0.2) is 47.1 Å². The third-order valence-corrected chi connectivity index (χ3v) is 4.74. The number of halogens is 1. The van der Waals surface area contributed by atoms with E-state index in [1.807, 2.05) is 36.4 Å². The van der Waals surface area contributed by atoms with Crippen LogP contribution in [0.2, 0.25) is 0 Å². The Balaban J connectivity index is 1.37. The molecule has 0 atom stereocenters. The number of aromatic nitrogens is 1. The highest BCUT2D eigenvalue weighted by Crippen LogP contribution is 2.18. The van der Waals surface area contributed by atoms with Crippen molar-refractivity contribution in [3.8, 4) is 5.75 Å². The number of rotatable bonds is 8. The van der Waals surface area contributed by atoms with Crippen LogP contribution in [0.1, 0.15) is 18.4 Å². The van der Waals surface area contributed by atoms with Crippen molar-refractivity contribution in [1.82, 2.24) is 10.3 Å². The molecule has 1 aromatic heterocycles. The number of carbonyl (C=O) groups excluding carboxylic acids is 1. The summed E-state index contributed by atoms with van der Waals surface area (Å²) in [7, 11) is 0. The number of pyridine rings is 1. The van der Waals surface area contributed by atoms with Crippen molar-refractivity contribution in [2.45, 2.75) is 19.4 Å². The summed E-state index contributed by atoms with van der Waals surface area (Å²) in [4.78, 5) is 18.7. The van der Waals surface area contributed by atoms with Crippen LogP contribution in [0.4, 0.5) is 5.82 Å². The molecular formula is C20H24BrN3O3. The summed E-state index contributed by atoms with van der Waals surface area (Å²) in [6, 6.07) is 11.6. The second-order valence-electron chi connectivity index (χ2n) is 6.31. The molecule has 1 amide bonds. The molecule has 1 aromatic carbocycles. The number of hydrogen-bond donors (Lipinski definition) is 1. The maximum absolute atomic E-state index is 12.1. The largest absolute Gasteiger partial charge is 0.494 e. The molecule has 0 aliphatic carbocycles. The van der Waals surface area contributed by atoms with Gasteiger partial charge in [0.15, 0.2) is 0 Å². The van der Waals surface area contributed by atoms with Crippen LogP contribution in [-0.4, -0.2) is 43.8 Å². The monoisotopic (exact) mass is 433 g/mol. The van der Waals surface area contributed by atoms with E-state index in [-0.39, 0.29) is 5.91 Å². The summed E-state index contributed by atoms with van der Waals surface area (Å²) in [6.07, 6.45) is 2.90. The number of hydrogen-bond acceptors (Lipinski definition) is 5. The first-order chi connectivity index (χ1) is 13.2. The highest BCUT2D eigenvalue weighted by molar-refractivity contribution is 9.10. The van der Waals surface area contributed by atoms with Crippen molar-refractivity contribution >= 4 is 27.7 Å². The normalized spacial score (nSPS) is 14.0. The molecule has 1 fully saturated rings. The quantitative estimate of drug-likeness (QED) is 0.647. The van der Waals surface area contributed by atoms with E-state index < -0.39 is 0 Å². The van der Waals surface area contributed by atoms with E-state index in [1.165, 1.54) is 0 Å². The number of nitrogens with zero attached hydrogens (tertiary/aromatic N) is 2. The number of nitrogens with one attached hydrogen (secondary N) is 1. The van der Waals surface area contributed by atoms with E-state index in [1.54, 1.807) is 6.20 Å². The summed E-state index contributed by atoms with van der Waals surface area (Å²) < 4.78 is 12.0. The van der Waals surface area contributed by atoms with Gasteiger partial charge in [-0.1, -0.05) is 22.0 Å². The maximum Gasteiger partial charge on any atom is 0.220 e. The second-order valence-corrected chi connectivity index (χ2v) is 7.22.